The fraction of sp³-hybridized carbons (Fsp3) is 0.909. The Balaban J connectivity index is 3.24. The van der Waals surface area contributed by atoms with E-state index in [9.17, 15) is 4.79 Å². The lowest BCUT2D eigenvalue weighted by Gasteiger charge is -2.08. The van der Waals surface area contributed by atoms with E-state index in [0.717, 1.165) is 12.8 Å². The molecule has 0 aliphatic carbocycles. The van der Waals surface area contributed by atoms with Gasteiger partial charge in [-0.25, -0.2) is 0 Å². The van der Waals surface area contributed by atoms with Crippen LogP contribution in [-0.2, 0) is 14.3 Å². The number of aliphatic hydroxyl groups excluding tert-OH is 1. The molecule has 0 radical (unpaired) electrons. The maximum Gasteiger partial charge on any atom is 0.245 e. The van der Waals surface area contributed by atoms with E-state index in [-0.39, 0.29) is 19.1 Å². The Morgan fingerprint density at radius 2 is 2.19 bits per heavy atom. The Hall–Kier alpha value is -0.650. The van der Waals surface area contributed by atoms with E-state index in [0.29, 0.717) is 25.7 Å². The van der Waals surface area contributed by atoms with Gasteiger partial charge in [-0.1, -0.05) is 6.92 Å². The molecular weight excluding hydrogens is 210 g/mol. The number of hydrogen-bond acceptors (Lipinski definition) is 4. The normalized spacial score (nSPS) is 12.4. The molecule has 1 unspecified atom stereocenters. The lowest BCUT2D eigenvalue weighted by molar-refractivity contribution is -0.126. The topological polar surface area (TPSA) is 67.8 Å². The summed E-state index contributed by atoms with van der Waals surface area (Å²) in [5.74, 6) is 0.197. The summed E-state index contributed by atoms with van der Waals surface area (Å²) in [7, 11) is 1.59. The van der Waals surface area contributed by atoms with Gasteiger partial charge in [0.1, 0.15) is 6.61 Å². The first-order valence-corrected chi connectivity index (χ1v) is 5.65. The van der Waals surface area contributed by atoms with Crippen LogP contribution in [0.3, 0.4) is 0 Å². The van der Waals surface area contributed by atoms with E-state index < -0.39 is 0 Å². The van der Waals surface area contributed by atoms with Gasteiger partial charge >= 0.3 is 0 Å². The molecule has 5 nitrogen and oxygen atoms in total. The predicted octanol–water partition coefficient (Wildman–Crippen LogP) is 0.174. The first kappa shape index (κ1) is 15.3. The Morgan fingerprint density at radius 1 is 1.44 bits per heavy atom. The Bertz CT molecular complexity index is 175. The highest BCUT2D eigenvalue weighted by Gasteiger charge is 2.02. The Morgan fingerprint density at radius 3 is 2.81 bits per heavy atom. The van der Waals surface area contributed by atoms with Crippen LogP contribution in [0, 0.1) is 5.92 Å². The summed E-state index contributed by atoms with van der Waals surface area (Å²) in [6.45, 7) is 3.84. The second kappa shape index (κ2) is 10.9. The van der Waals surface area contributed by atoms with Crippen LogP contribution in [0.1, 0.15) is 19.8 Å². The fourth-order valence-electron chi connectivity index (χ4n) is 1.13. The van der Waals surface area contributed by atoms with E-state index in [1.165, 1.54) is 0 Å². The van der Waals surface area contributed by atoms with E-state index in [2.05, 4.69) is 5.32 Å². The zero-order valence-corrected chi connectivity index (χ0v) is 10.2. The van der Waals surface area contributed by atoms with Crippen molar-refractivity contribution < 1.29 is 19.4 Å². The molecule has 2 N–H and O–H groups in total. The van der Waals surface area contributed by atoms with Gasteiger partial charge in [-0.3, -0.25) is 4.79 Å². The molecule has 0 bridgehead atoms. The smallest absolute Gasteiger partial charge is 0.245 e. The van der Waals surface area contributed by atoms with Crippen molar-refractivity contribution in [1.82, 2.24) is 5.32 Å². The van der Waals surface area contributed by atoms with Crippen LogP contribution >= 0.6 is 0 Å². The summed E-state index contributed by atoms with van der Waals surface area (Å²) in [5, 5.41) is 11.5. The van der Waals surface area contributed by atoms with Crippen molar-refractivity contribution >= 4 is 5.91 Å². The number of nitrogens with one attached hydrogen (secondary N) is 1. The summed E-state index contributed by atoms with van der Waals surface area (Å²) in [5.41, 5.74) is 0. The van der Waals surface area contributed by atoms with Crippen molar-refractivity contribution in [2.24, 2.45) is 5.92 Å². The molecule has 0 aromatic heterocycles. The van der Waals surface area contributed by atoms with Crippen LogP contribution in [0.2, 0.25) is 0 Å². The molecule has 5 heteroatoms. The number of methoxy groups -OCH3 is 1. The summed E-state index contributed by atoms with van der Waals surface area (Å²) in [4.78, 5) is 11.2. The molecule has 1 amide bonds. The lowest BCUT2D eigenvalue weighted by atomic mass is 10.1. The summed E-state index contributed by atoms with van der Waals surface area (Å²) in [6, 6.07) is 0. The average molecular weight is 233 g/mol. The zero-order valence-electron chi connectivity index (χ0n) is 10.2. The van der Waals surface area contributed by atoms with Crippen LogP contribution in [-0.4, -0.2) is 51.1 Å². The minimum atomic E-state index is -0.104. The van der Waals surface area contributed by atoms with Crippen molar-refractivity contribution in [3.05, 3.63) is 0 Å². The van der Waals surface area contributed by atoms with Gasteiger partial charge in [-0.2, -0.15) is 0 Å². The molecule has 0 heterocycles. The summed E-state index contributed by atoms with van der Waals surface area (Å²) >= 11 is 0. The highest BCUT2D eigenvalue weighted by molar-refractivity contribution is 5.77. The number of aliphatic hydroxyl groups is 1. The molecule has 0 saturated carbocycles. The van der Waals surface area contributed by atoms with Gasteiger partial charge in [0.2, 0.25) is 5.91 Å². The van der Waals surface area contributed by atoms with Crippen molar-refractivity contribution in [1.29, 1.82) is 0 Å². The largest absolute Gasteiger partial charge is 0.396 e. The molecule has 96 valence electrons. The first-order valence-electron chi connectivity index (χ1n) is 5.65. The van der Waals surface area contributed by atoms with Crippen LogP contribution in [0.5, 0.6) is 0 Å². The Kier molecular flexibility index (Phi) is 10.4. The number of hydrogen-bond donors (Lipinski definition) is 2. The highest BCUT2D eigenvalue weighted by atomic mass is 16.5. The molecular formula is C11H23NO4. The maximum absolute atomic E-state index is 11.2. The Labute approximate surface area is 97.1 Å². The van der Waals surface area contributed by atoms with Gasteiger partial charge < -0.3 is 19.9 Å². The SMILES string of the molecule is COCCOCC(=O)NCCCC(C)CO. The van der Waals surface area contributed by atoms with Crippen molar-refractivity contribution in [2.45, 2.75) is 19.8 Å². The number of ether oxygens (including phenoxy) is 2. The first-order chi connectivity index (χ1) is 7.70. The number of rotatable bonds is 10. The number of carbonyl (C=O) groups excluding carboxylic acids is 1. The quantitative estimate of drug-likeness (QED) is 0.528. The molecule has 1 atom stereocenters. The van der Waals surface area contributed by atoms with Crippen LogP contribution in [0.25, 0.3) is 0 Å². The second-order valence-electron chi connectivity index (χ2n) is 3.83. The van der Waals surface area contributed by atoms with Gasteiger partial charge in [0.25, 0.3) is 0 Å². The zero-order chi connectivity index (χ0) is 12.2. The second-order valence-corrected chi connectivity index (χ2v) is 3.83. The lowest BCUT2D eigenvalue weighted by Crippen LogP contribution is -2.29. The molecule has 0 aromatic rings. The van der Waals surface area contributed by atoms with Crippen LogP contribution in [0.15, 0.2) is 0 Å². The van der Waals surface area contributed by atoms with Gasteiger partial charge in [-0.05, 0) is 18.8 Å². The molecule has 0 aliphatic heterocycles. The molecule has 0 saturated heterocycles. The predicted molar refractivity (Wildman–Crippen MR) is 61.2 cm³/mol. The van der Waals surface area contributed by atoms with E-state index >= 15 is 0 Å². The third kappa shape index (κ3) is 9.89. The molecule has 0 aromatic carbocycles. The fourth-order valence-corrected chi connectivity index (χ4v) is 1.13. The molecule has 0 fully saturated rings. The van der Waals surface area contributed by atoms with Crippen molar-refractivity contribution in [3.63, 3.8) is 0 Å². The van der Waals surface area contributed by atoms with E-state index in [4.69, 9.17) is 14.6 Å². The minimum absolute atomic E-state index is 0.0823. The summed E-state index contributed by atoms with van der Waals surface area (Å²) in [6.07, 6.45) is 1.80. The van der Waals surface area contributed by atoms with Crippen LogP contribution in [0.4, 0.5) is 0 Å². The maximum atomic E-state index is 11.2. The number of amides is 1. The van der Waals surface area contributed by atoms with E-state index in [1.807, 2.05) is 6.92 Å². The van der Waals surface area contributed by atoms with Crippen LogP contribution < -0.4 is 5.32 Å². The monoisotopic (exact) mass is 233 g/mol. The van der Waals surface area contributed by atoms with E-state index in [1.54, 1.807) is 7.11 Å². The molecule has 0 aliphatic rings. The third-order valence-corrected chi connectivity index (χ3v) is 2.17. The highest BCUT2D eigenvalue weighted by Crippen LogP contribution is 2.02. The number of carbonyl (C=O) groups is 1. The molecule has 0 spiro atoms. The minimum Gasteiger partial charge on any atom is -0.396 e. The van der Waals surface area contributed by atoms with Gasteiger partial charge in [-0.15, -0.1) is 0 Å². The summed E-state index contributed by atoms with van der Waals surface area (Å²) < 4.78 is 9.84. The van der Waals surface area contributed by atoms with Gasteiger partial charge in [0.05, 0.1) is 13.2 Å². The average Bonchev–Trinajstić information content (AvgIpc) is 2.30. The van der Waals surface area contributed by atoms with Crippen molar-refractivity contribution in [2.75, 3.05) is 40.1 Å². The van der Waals surface area contributed by atoms with Gasteiger partial charge in [0.15, 0.2) is 0 Å². The standard InChI is InChI=1S/C11H23NO4/c1-10(8-13)4-3-5-12-11(14)9-16-7-6-15-2/h10,13H,3-9H2,1-2H3,(H,12,14). The van der Waals surface area contributed by atoms with Crippen molar-refractivity contribution in [3.8, 4) is 0 Å². The molecule has 16 heavy (non-hydrogen) atoms. The third-order valence-electron chi connectivity index (χ3n) is 2.17. The molecule has 0 rings (SSSR count). The van der Waals surface area contributed by atoms with Gasteiger partial charge in [0, 0.05) is 20.3 Å².